The van der Waals surface area contributed by atoms with Gasteiger partial charge in [-0.25, -0.2) is 4.98 Å². The number of para-hydroxylation sites is 1. The van der Waals surface area contributed by atoms with Crippen LogP contribution in [0.5, 0.6) is 0 Å². The Balaban J connectivity index is 1.69. The number of hydrogen-bond acceptors (Lipinski definition) is 1. The molecule has 25 heavy (non-hydrogen) atoms. The van der Waals surface area contributed by atoms with E-state index in [1.165, 1.54) is 16.3 Å². The summed E-state index contributed by atoms with van der Waals surface area (Å²) < 4.78 is 0. The Bertz CT molecular complexity index is 1190. The fourth-order valence-electron chi connectivity index (χ4n) is 3.36. The number of aromatic amines is 1. The van der Waals surface area contributed by atoms with Crippen LogP contribution in [-0.4, -0.2) is 9.97 Å². The number of fused-ring (bicyclic) bond motifs is 2. The minimum Gasteiger partial charge on any atom is -0.338 e. The molecule has 1 N–H and O–H groups in total. The molecule has 4 aromatic carbocycles. The number of hydrogen-bond donors (Lipinski definition) is 1. The summed E-state index contributed by atoms with van der Waals surface area (Å²) in [6, 6.07) is 31.6. The van der Waals surface area contributed by atoms with Crippen LogP contribution in [0.1, 0.15) is 0 Å². The highest BCUT2D eigenvalue weighted by molar-refractivity contribution is 5.94. The van der Waals surface area contributed by atoms with E-state index >= 15 is 0 Å². The Kier molecular flexibility index (Phi) is 3.14. The largest absolute Gasteiger partial charge is 0.338 e. The molecule has 0 atom stereocenters. The first-order valence-corrected chi connectivity index (χ1v) is 8.42. The van der Waals surface area contributed by atoms with Gasteiger partial charge in [0, 0.05) is 11.1 Å². The molecule has 0 bridgehead atoms. The zero-order valence-corrected chi connectivity index (χ0v) is 13.6. The van der Waals surface area contributed by atoms with E-state index in [2.05, 4.69) is 89.9 Å². The molecule has 118 valence electrons. The minimum atomic E-state index is 0.907. The number of rotatable bonds is 2. The third-order valence-electron chi connectivity index (χ3n) is 4.62. The van der Waals surface area contributed by atoms with E-state index in [1.54, 1.807) is 0 Å². The average Bonchev–Trinajstić information content (AvgIpc) is 3.12. The van der Waals surface area contributed by atoms with Gasteiger partial charge < -0.3 is 4.98 Å². The predicted molar refractivity (Wildman–Crippen MR) is 104 cm³/mol. The first kappa shape index (κ1) is 14.0. The number of benzene rings is 4. The number of H-pyrrole nitrogens is 1. The molecule has 0 aliphatic carbocycles. The second-order valence-corrected chi connectivity index (χ2v) is 6.22. The molecule has 0 fully saturated rings. The van der Waals surface area contributed by atoms with Crippen LogP contribution in [0.4, 0.5) is 0 Å². The molecule has 2 nitrogen and oxygen atoms in total. The van der Waals surface area contributed by atoms with Gasteiger partial charge in [0.25, 0.3) is 0 Å². The Morgan fingerprint density at radius 3 is 2.28 bits per heavy atom. The van der Waals surface area contributed by atoms with Crippen molar-refractivity contribution < 1.29 is 0 Å². The molecule has 0 saturated carbocycles. The number of imidazole rings is 1. The molecule has 1 aromatic heterocycles. The molecule has 2 heteroatoms. The molecular weight excluding hydrogens is 304 g/mol. The summed E-state index contributed by atoms with van der Waals surface area (Å²) in [5.74, 6) is 0.907. The maximum atomic E-state index is 4.91. The third-order valence-corrected chi connectivity index (χ3v) is 4.62. The number of nitrogens with zero attached hydrogens (tertiary/aromatic N) is 1. The molecule has 0 saturated heterocycles. The Morgan fingerprint density at radius 1 is 0.600 bits per heavy atom. The molecule has 0 spiro atoms. The van der Waals surface area contributed by atoms with Crippen LogP contribution in [0.25, 0.3) is 44.3 Å². The lowest BCUT2D eigenvalue weighted by molar-refractivity contribution is 1.34. The van der Waals surface area contributed by atoms with Crippen molar-refractivity contribution in [3.63, 3.8) is 0 Å². The van der Waals surface area contributed by atoms with Gasteiger partial charge in [-0.15, -0.1) is 0 Å². The second-order valence-electron chi connectivity index (χ2n) is 6.22. The summed E-state index contributed by atoms with van der Waals surface area (Å²) >= 11 is 0. The molecule has 5 aromatic rings. The zero-order chi connectivity index (χ0) is 16.6. The van der Waals surface area contributed by atoms with Crippen LogP contribution >= 0.6 is 0 Å². The van der Waals surface area contributed by atoms with Crippen LogP contribution < -0.4 is 0 Å². The SMILES string of the molecule is c1ccc(-c2cccc3[nH]c(-c4ccc5ccccc5c4)nc23)cc1. The van der Waals surface area contributed by atoms with Crippen molar-refractivity contribution in [1.82, 2.24) is 9.97 Å². The van der Waals surface area contributed by atoms with E-state index in [-0.39, 0.29) is 0 Å². The fraction of sp³-hybridized carbons (Fsp3) is 0. The Hall–Kier alpha value is -3.39. The molecule has 0 radical (unpaired) electrons. The maximum absolute atomic E-state index is 4.91. The van der Waals surface area contributed by atoms with E-state index in [0.29, 0.717) is 0 Å². The average molecular weight is 320 g/mol. The van der Waals surface area contributed by atoms with Crippen LogP contribution in [0.15, 0.2) is 91.0 Å². The molecule has 0 unspecified atom stereocenters. The van der Waals surface area contributed by atoms with Crippen molar-refractivity contribution in [2.24, 2.45) is 0 Å². The smallest absolute Gasteiger partial charge is 0.138 e. The van der Waals surface area contributed by atoms with Crippen molar-refractivity contribution in [2.45, 2.75) is 0 Å². The molecule has 0 aliphatic heterocycles. The van der Waals surface area contributed by atoms with E-state index < -0.39 is 0 Å². The van der Waals surface area contributed by atoms with Crippen molar-refractivity contribution >= 4 is 21.8 Å². The van der Waals surface area contributed by atoms with Crippen molar-refractivity contribution in [3.05, 3.63) is 91.0 Å². The summed E-state index contributed by atoms with van der Waals surface area (Å²) in [5, 5.41) is 2.47. The van der Waals surface area contributed by atoms with Gasteiger partial charge in [0.15, 0.2) is 0 Å². The standard InChI is InChI=1S/C23H16N2/c1-2-8-17(9-3-1)20-11-6-12-21-22(20)25-23(24-21)19-14-13-16-7-4-5-10-18(16)15-19/h1-15H,(H,24,25). The highest BCUT2D eigenvalue weighted by atomic mass is 14.9. The zero-order valence-electron chi connectivity index (χ0n) is 13.6. The van der Waals surface area contributed by atoms with Gasteiger partial charge in [-0.1, -0.05) is 78.9 Å². The van der Waals surface area contributed by atoms with E-state index in [0.717, 1.165) is 28.0 Å². The van der Waals surface area contributed by atoms with Gasteiger partial charge in [-0.05, 0) is 28.5 Å². The lowest BCUT2D eigenvalue weighted by Gasteiger charge is -2.01. The quantitative estimate of drug-likeness (QED) is 0.421. The highest BCUT2D eigenvalue weighted by Gasteiger charge is 2.10. The van der Waals surface area contributed by atoms with Crippen LogP contribution in [0.3, 0.4) is 0 Å². The molecule has 0 aliphatic rings. The van der Waals surface area contributed by atoms with Gasteiger partial charge >= 0.3 is 0 Å². The molecule has 5 rings (SSSR count). The van der Waals surface area contributed by atoms with Gasteiger partial charge in [-0.3, -0.25) is 0 Å². The fourth-order valence-corrected chi connectivity index (χ4v) is 3.36. The molecule has 1 heterocycles. The lowest BCUT2D eigenvalue weighted by atomic mass is 10.0. The van der Waals surface area contributed by atoms with Crippen molar-refractivity contribution in [2.75, 3.05) is 0 Å². The normalized spacial score (nSPS) is 11.2. The number of aromatic nitrogens is 2. The first-order valence-electron chi connectivity index (χ1n) is 8.42. The Morgan fingerprint density at radius 2 is 1.40 bits per heavy atom. The summed E-state index contributed by atoms with van der Waals surface area (Å²) in [6.45, 7) is 0. The lowest BCUT2D eigenvalue weighted by Crippen LogP contribution is -1.81. The summed E-state index contributed by atoms with van der Waals surface area (Å²) in [5.41, 5.74) is 5.52. The molecule has 0 amide bonds. The predicted octanol–water partition coefficient (Wildman–Crippen LogP) is 6.05. The van der Waals surface area contributed by atoms with E-state index in [1.807, 2.05) is 6.07 Å². The van der Waals surface area contributed by atoms with E-state index in [9.17, 15) is 0 Å². The van der Waals surface area contributed by atoms with Crippen LogP contribution in [-0.2, 0) is 0 Å². The topological polar surface area (TPSA) is 28.7 Å². The monoisotopic (exact) mass is 320 g/mol. The summed E-state index contributed by atoms with van der Waals surface area (Å²) in [6.07, 6.45) is 0. The van der Waals surface area contributed by atoms with Crippen molar-refractivity contribution in [1.29, 1.82) is 0 Å². The van der Waals surface area contributed by atoms with Crippen LogP contribution in [0.2, 0.25) is 0 Å². The first-order chi connectivity index (χ1) is 12.4. The molecular formula is C23H16N2. The van der Waals surface area contributed by atoms with E-state index in [4.69, 9.17) is 4.98 Å². The second kappa shape index (κ2) is 5.60. The maximum Gasteiger partial charge on any atom is 0.138 e. The third kappa shape index (κ3) is 2.39. The Labute approximate surface area is 145 Å². The minimum absolute atomic E-state index is 0.907. The highest BCUT2D eigenvalue weighted by Crippen LogP contribution is 2.30. The number of nitrogens with one attached hydrogen (secondary N) is 1. The van der Waals surface area contributed by atoms with Crippen LogP contribution in [0, 0.1) is 0 Å². The summed E-state index contributed by atoms with van der Waals surface area (Å²) in [7, 11) is 0. The van der Waals surface area contributed by atoms with Gasteiger partial charge in [-0.2, -0.15) is 0 Å². The summed E-state index contributed by atoms with van der Waals surface area (Å²) in [4.78, 5) is 8.39. The van der Waals surface area contributed by atoms with Gasteiger partial charge in [0.1, 0.15) is 5.82 Å². The van der Waals surface area contributed by atoms with Gasteiger partial charge in [0.2, 0.25) is 0 Å². The van der Waals surface area contributed by atoms with Crippen molar-refractivity contribution in [3.8, 4) is 22.5 Å². The van der Waals surface area contributed by atoms with Gasteiger partial charge in [0.05, 0.1) is 11.0 Å².